The molecular weight excluding hydrogens is 236 g/mol. The molecule has 3 heteroatoms. The monoisotopic (exact) mass is 256 g/mol. The topological polar surface area (TPSA) is 34.1 Å². The highest BCUT2D eigenvalue weighted by molar-refractivity contribution is 5.30. The van der Waals surface area contributed by atoms with Gasteiger partial charge in [0.25, 0.3) is 0 Å². The summed E-state index contributed by atoms with van der Waals surface area (Å²) in [6.45, 7) is 3.11. The third kappa shape index (κ3) is 4.07. The van der Waals surface area contributed by atoms with Crippen LogP contribution in [0, 0.1) is 0 Å². The smallest absolute Gasteiger partial charge is 0.119 e. The van der Waals surface area contributed by atoms with Gasteiger partial charge in [-0.2, -0.15) is 0 Å². The minimum atomic E-state index is 0.317. The number of pyridine rings is 1. The number of methoxy groups -OCH3 is 1. The van der Waals surface area contributed by atoms with E-state index in [2.05, 4.69) is 41.5 Å². The van der Waals surface area contributed by atoms with Crippen molar-refractivity contribution < 1.29 is 4.74 Å². The summed E-state index contributed by atoms with van der Waals surface area (Å²) in [4.78, 5) is 4.02. The van der Waals surface area contributed by atoms with Gasteiger partial charge in [-0.15, -0.1) is 0 Å². The minimum Gasteiger partial charge on any atom is -0.497 e. The lowest BCUT2D eigenvalue weighted by Gasteiger charge is -2.15. The maximum atomic E-state index is 5.24. The molecule has 0 saturated heterocycles. The van der Waals surface area contributed by atoms with Crippen molar-refractivity contribution in [1.82, 2.24) is 10.3 Å². The van der Waals surface area contributed by atoms with E-state index in [4.69, 9.17) is 4.74 Å². The van der Waals surface area contributed by atoms with Crippen LogP contribution < -0.4 is 10.1 Å². The molecule has 1 heterocycles. The summed E-state index contributed by atoms with van der Waals surface area (Å²) in [5.74, 6) is 0.903. The molecule has 1 unspecified atom stereocenters. The van der Waals surface area contributed by atoms with E-state index in [0.717, 1.165) is 18.7 Å². The van der Waals surface area contributed by atoms with Crippen LogP contribution >= 0.6 is 0 Å². The predicted molar refractivity (Wildman–Crippen MR) is 77.4 cm³/mol. The molecular formula is C16H20N2O. The molecule has 0 radical (unpaired) electrons. The van der Waals surface area contributed by atoms with E-state index < -0.39 is 0 Å². The van der Waals surface area contributed by atoms with E-state index in [0.29, 0.717) is 6.04 Å². The Hall–Kier alpha value is -1.87. The zero-order valence-corrected chi connectivity index (χ0v) is 11.5. The molecule has 0 amide bonds. The van der Waals surface area contributed by atoms with E-state index >= 15 is 0 Å². The largest absolute Gasteiger partial charge is 0.497 e. The Morgan fingerprint density at radius 3 is 2.74 bits per heavy atom. The zero-order valence-electron chi connectivity index (χ0n) is 11.5. The van der Waals surface area contributed by atoms with Gasteiger partial charge in [-0.05, 0) is 55.3 Å². The van der Waals surface area contributed by atoms with Crippen LogP contribution in [0.2, 0.25) is 0 Å². The van der Waals surface area contributed by atoms with Crippen molar-refractivity contribution in [3.8, 4) is 5.75 Å². The molecule has 0 aliphatic heterocycles. The average Bonchev–Trinajstić information content (AvgIpc) is 2.48. The van der Waals surface area contributed by atoms with Gasteiger partial charge in [0.05, 0.1) is 7.11 Å². The molecule has 0 aliphatic rings. The van der Waals surface area contributed by atoms with Crippen molar-refractivity contribution in [2.24, 2.45) is 0 Å². The first-order valence-electron chi connectivity index (χ1n) is 6.56. The summed E-state index contributed by atoms with van der Waals surface area (Å²) in [5, 5.41) is 3.52. The first kappa shape index (κ1) is 13.6. The lowest BCUT2D eigenvalue weighted by atomic mass is 10.1. The van der Waals surface area contributed by atoms with Crippen LogP contribution in [-0.2, 0) is 6.42 Å². The van der Waals surface area contributed by atoms with E-state index in [1.165, 1.54) is 11.1 Å². The number of nitrogens with zero attached hydrogens (tertiary/aromatic N) is 1. The molecule has 3 nitrogen and oxygen atoms in total. The molecule has 19 heavy (non-hydrogen) atoms. The van der Waals surface area contributed by atoms with Crippen molar-refractivity contribution >= 4 is 0 Å². The van der Waals surface area contributed by atoms with Crippen molar-refractivity contribution in [3.63, 3.8) is 0 Å². The highest BCUT2D eigenvalue weighted by Gasteiger charge is 2.05. The Kier molecular flexibility index (Phi) is 4.93. The number of benzene rings is 1. The molecule has 0 saturated carbocycles. The summed E-state index contributed by atoms with van der Waals surface area (Å²) in [5.41, 5.74) is 2.55. The summed E-state index contributed by atoms with van der Waals surface area (Å²) >= 11 is 0. The van der Waals surface area contributed by atoms with Crippen LogP contribution in [-0.4, -0.2) is 18.6 Å². The Bertz CT molecular complexity index is 499. The highest BCUT2D eigenvalue weighted by Crippen LogP contribution is 2.18. The Morgan fingerprint density at radius 1 is 1.21 bits per heavy atom. The fourth-order valence-electron chi connectivity index (χ4n) is 2.01. The normalized spacial score (nSPS) is 12.1. The van der Waals surface area contributed by atoms with Gasteiger partial charge in [-0.1, -0.05) is 12.1 Å². The van der Waals surface area contributed by atoms with Crippen LogP contribution in [0.1, 0.15) is 24.1 Å². The van der Waals surface area contributed by atoms with Crippen LogP contribution in [0.25, 0.3) is 0 Å². The lowest BCUT2D eigenvalue weighted by Crippen LogP contribution is -2.21. The number of nitrogens with one attached hydrogen (secondary N) is 1. The fraction of sp³-hybridized carbons (Fsp3) is 0.312. The third-order valence-corrected chi connectivity index (χ3v) is 3.21. The first-order chi connectivity index (χ1) is 9.29. The summed E-state index contributed by atoms with van der Waals surface area (Å²) in [7, 11) is 1.70. The second kappa shape index (κ2) is 6.90. The van der Waals surface area contributed by atoms with Crippen molar-refractivity contribution in [1.29, 1.82) is 0 Å². The maximum absolute atomic E-state index is 5.24. The molecule has 0 bridgehead atoms. The number of aromatic nitrogens is 1. The second-order valence-corrected chi connectivity index (χ2v) is 4.56. The molecule has 0 fully saturated rings. The van der Waals surface area contributed by atoms with Gasteiger partial charge in [-0.25, -0.2) is 0 Å². The molecule has 1 atom stereocenters. The third-order valence-electron chi connectivity index (χ3n) is 3.21. The summed E-state index contributed by atoms with van der Waals surface area (Å²) in [6, 6.07) is 12.6. The van der Waals surface area contributed by atoms with E-state index in [1.54, 1.807) is 7.11 Å². The molecule has 0 spiro atoms. The molecule has 2 rings (SSSR count). The standard InChI is InChI=1S/C16H20N2O/c1-13(15-4-3-5-16(12-15)19-2)18-11-8-14-6-9-17-10-7-14/h3-7,9-10,12-13,18H,8,11H2,1-2H3. The number of hydrogen-bond donors (Lipinski definition) is 1. The first-order valence-corrected chi connectivity index (χ1v) is 6.56. The second-order valence-electron chi connectivity index (χ2n) is 4.56. The fourth-order valence-corrected chi connectivity index (χ4v) is 2.01. The average molecular weight is 256 g/mol. The van der Waals surface area contributed by atoms with Crippen molar-refractivity contribution in [2.75, 3.05) is 13.7 Å². The molecule has 1 N–H and O–H groups in total. The lowest BCUT2D eigenvalue weighted by molar-refractivity contribution is 0.413. The molecule has 100 valence electrons. The van der Waals surface area contributed by atoms with Crippen molar-refractivity contribution in [2.45, 2.75) is 19.4 Å². The number of hydrogen-bond acceptors (Lipinski definition) is 3. The van der Waals surface area contributed by atoms with Gasteiger partial charge in [0, 0.05) is 18.4 Å². The van der Waals surface area contributed by atoms with E-state index in [-0.39, 0.29) is 0 Å². The van der Waals surface area contributed by atoms with Gasteiger partial charge in [-0.3, -0.25) is 4.98 Å². The molecule has 1 aromatic heterocycles. The quantitative estimate of drug-likeness (QED) is 0.862. The summed E-state index contributed by atoms with van der Waals surface area (Å²) < 4.78 is 5.24. The van der Waals surface area contributed by atoms with E-state index in [9.17, 15) is 0 Å². The van der Waals surface area contributed by atoms with Crippen molar-refractivity contribution in [3.05, 3.63) is 59.9 Å². The highest BCUT2D eigenvalue weighted by atomic mass is 16.5. The van der Waals surface area contributed by atoms with Crippen LogP contribution in [0.15, 0.2) is 48.8 Å². The zero-order chi connectivity index (χ0) is 13.5. The minimum absolute atomic E-state index is 0.317. The maximum Gasteiger partial charge on any atom is 0.119 e. The van der Waals surface area contributed by atoms with Gasteiger partial charge < -0.3 is 10.1 Å². The molecule has 1 aromatic carbocycles. The van der Waals surface area contributed by atoms with Crippen LogP contribution in [0.5, 0.6) is 5.75 Å². The van der Waals surface area contributed by atoms with Gasteiger partial charge in [0.2, 0.25) is 0 Å². The molecule has 2 aromatic rings. The van der Waals surface area contributed by atoms with E-state index in [1.807, 2.05) is 24.5 Å². The SMILES string of the molecule is COc1cccc(C(C)NCCc2ccncc2)c1. The van der Waals surface area contributed by atoms with Crippen LogP contribution in [0.3, 0.4) is 0 Å². The Labute approximate surface area is 114 Å². The summed E-state index contributed by atoms with van der Waals surface area (Å²) in [6.07, 6.45) is 4.68. The Morgan fingerprint density at radius 2 is 2.00 bits per heavy atom. The van der Waals surface area contributed by atoms with Crippen LogP contribution in [0.4, 0.5) is 0 Å². The predicted octanol–water partition coefficient (Wildman–Crippen LogP) is 2.98. The molecule has 0 aliphatic carbocycles. The van der Waals surface area contributed by atoms with Gasteiger partial charge in [0.15, 0.2) is 0 Å². The van der Waals surface area contributed by atoms with Gasteiger partial charge in [0.1, 0.15) is 5.75 Å². The number of rotatable bonds is 6. The Balaban J connectivity index is 1.85. The van der Waals surface area contributed by atoms with Gasteiger partial charge >= 0.3 is 0 Å². The number of ether oxygens (including phenoxy) is 1.